The molecule has 1 fully saturated rings. The summed E-state index contributed by atoms with van der Waals surface area (Å²) in [5.74, 6) is -0.410. The van der Waals surface area contributed by atoms with E-state index in [1.54, 1.807) is 0 Å². The summed E-state index contributed by atoms with van der Waals surface area (Å²) in [5.41, 5.74) is 0. The lowest BCUT2D eigenvalue weighted by molar-refractivity contribution is -0.301. The number of ether oxygens (including phenoxy) is 4. The van der Waals surface area contributed by atoms with E-state index in [2.05, 4.69) is 42.3 Å². The number of unbranched alkanes of at least 4 members (excludes halogenated alkanes) is 22. The van der Waals surface area contributed by atoms with Crippen LogP contribution >= 0.6 is 0 Å². The Kier molecular flexibility index (Phi) is 34.3. The molecule has 0 radical (unpaired) electrons. The van der Waals surface area contributed by atoms with Gasteiger partial charge in [0.25, 0.3) is 0 Å². The Morgan fingerprint density at radius 1 is 0.649 bits per heavy atom. The smallest absolute Gasteiger partial charge is 0.397 e. The van der Waals surface area contributed by atoms with Crippen molar-refractivity contribution in [2.45, 2.75) is 224 Å². The SMILES string of the molecule is CCCC/C=C\CCCCCCCC(=O)OC(COCCCCCCCCCC/C=C\CCCCCCCCC)COC1OC(CO)C(O)C(OS(=O)(=O)O)C1O. The van der Waals surface area contributed by atoms with Crippen LogP contribution in [-0.2, 0) is 38.3 Å². The van der Waals surface area contributed by atoms with E-state index in [1.165, 1.54) is 103 Å². The predicted octanol–water partition coefficient (Wildman–Crippen LogP) is 9.24. The molecule has 1 aliphatic heterocycles. The summed E-state index contributed by atoms with van der Waals surface area (Å²) in [6.07, 6.45) is 30.8. The van der Waals surface area contributed by atoms with Crippen LogP contribution in [0.1, 0.15) is 187 Å². The zero-order valence-electron chi connectivity index (χ0n) is 35.7. The summed E-state index contributed by atoms with van der Waals surface area (Å²) in [7, 11) is -5.06. The lowest BCUT2D eigenvalue weighted by atomic mass is 9.99. The Morgan fingerprint density at radius 2 is 1.12 bits per heavy atom. The molecule has 1 saturated heterocycles. The minimum absolute atomic E-state index is 0.0326. The van der Waals surface area contributed by atoms with Gasteiger partial charge in [-0.1, -0.05) is 147 Å². The van der Waals surface area contributed by atoms with Crippen LogP contribution < -0.4 is 0 Å². The average Bonchev–Trinajstić information content (AvgIpc) is 3.18. The topological polar surface area (TPSA) is 178 Å². The largest absolute Gasteiger partial charge is 0.457 e. The van der Waals surface area contributed by atoms with E-state index < -0.39 is 59.8 Å². The molecule has 0 saturated carbocycles. The number of carbonyl (C=O) groups excluding carboxylic acids is 1. The molecule has 1 rings (SSSR count). The molecule has 4 N–H and O–H groups in total. The van der Waals surface area contributed by atoms with Crippen LogP contribution in [0, 0.1) is 0 Å². The van der Waals surface area contributed by atoms with Gasteiger partial charge in [-0.25, -0.2) is 4.18 Å². The van der Waals surface area contributed by atoms with E-state index in [0.29, 0.717) is 13.0 Å². The lowest BCUT2D eigenvalue weighted by Gasteiger charge is -2.41. The zero-order chi connectivity index (χ0) is 41.8. The highest BCUT2D eigenvalue weighted by atomic mass is 32.3. The van der Waals surface area contributed by atoms with E-state index in [4.69, 9.17) is 23.5 Å². The van der Waals surface area contributed by atoms with Crippen LogP contribution in [-0.4, -0.2) is 97.5 Å². The highest BCUT2D eigenvalue weighted by molar-refractivity contribution is 7.80. The Bertz CT molecular complexity index is 1100. The molecular weight excluding hydrogens is 753 g/mol. The van der Waals surface area contributed by atoms with Gasteiger partial charge in [0.05, 0.1) is 19.8 Å². The maximum absolute atomic E-state index is 12.8. The monoisotopic (exact) mass is 835 g/mol. The van der Waals surface area contributed by atoms with Gasteiger partial charge in [0.1, 0.15) is 30.5 Å². The molecule has 12 nitrogen and oxygen atoms in total. The number of hydrogen-bond donors (Lipinski definition) is 4. The first-order valence-electron chi connectivity index (χ1n) is 22.6. The van der Waals surface area contributed by atoms with Crippen LogP contribution in [0.5, 0.6) is 0 Å². The molecule has 6 atom stereocenters. The standard InChI is InChI=1S/C44H82O12S/c1-3-5-7-9-11-13-15-16-17-18-19-20-21-22-24-26-28-30-32-34-52-36-38(54-40(46)33-31-29-27-25-23-14-12-10-8-6-4-2)37-53-44-42(48)43(56-57(49,50)51)41(47)39(35-45)55-44/h10,12,17-18,38-39,41-45,47-48H,3-9,11,13-16,19-37H2,1-2H3,(H,49,50,51)/b12-10-,18-17-. The number of aliphatic hydroxyl groups is 3. The second kappa shape index (κ2) is 36.4. The first kappa shape index (κ1) is 53.6. The Morgan fingerprint density at radius 3 is 1.63 bits per heavy atom. The zero-order valence-corrected chi connectivity index (χ0v) is 36.5. The highest BCUT2D eigenvalue weighted by Crippen LogP contribution is 2.26. The van der Waals surface area contributed by atoms with E-state index >= 15 is 0 Å². The van der Waals surface area contributed by atoms with Crippen LogP contribution in [0.15, 0.2) is 24.3 Å². The number of esters is 1. The number of rotatable bonds is 39. The molecule has 1 heterocycles. The fraction of sp³-hybridized carbons (Fsp3) is 0.886. The molecular formula is C44H82O12S. The summed E-state index contributed by atoms with van der Waals surface area (Å²) >= 11 is 0. The van der Waals surface area contributed by atoms with Gasteiger partial charge in [-0.05, 0) is 57.8 Å². The quantitative estimate of drug-likeness (QED) is 0.0200. The van der Waals surface area contributed by atoms with Gasteiger partial charge in [-0.2, -0.15) is 8.42 Å². The van der Waals surface area contributed by atoms with Crippen LogP contribution in [0.2, 0.25) is 0 Å². The molecule has 336 valence electrons. The van der Waals surface area contributed by atoms with Crippen molar-refractivity contribution < 1.29 is 56.2 Å². The molecule has 0 aromatic carbocycles. The molecule has 0 aliphatic carbocycles. The number of carbonyl (C=O) groups is 1. The lowest BCUT2D eigenvalue weighted by Crippen LogP contribution is -2.60. The fourth-order valence-corrected chi connectivity index (χ4v) is 7.33. The van der Waals surface area contributed by atoms with Crippen LogP contribution in [0.3, 0.4) is 0 Å². The second-order valence-corrected chi connectivity index (χ2v) is 16.7. The van der Waals surface area contributed by atoms with Gasteiger partial charge in [0, 0.05) is 13.0 Å². The van der Waals surface area contributed by atoms with Gasteiger partial charge in [0.15, 0.2) is 6.29 Å². The summed E-state index contributed by atoms with van der Waals surface area (Å²) in [6, 6.07) is 0. The molecule has 6 unspecified atom stereocenters. The number of hydrogen-bond acceptors (Lipinski definition) is 11. The average molecular weight is 835 g/mol. The van der Waals surface area contributed by atoms with Gasteiger partial charge < -0.3 is 34.3 Å². The summed E-state index contributed by atoms with van der Waals surface area (Å²) < 4.78 is 59.0. The third-order valence-electron chi connectivity index (χ3n) is 10.3. The van der Waals surface area contributed by atoms with Crippen LogP contribution in [0.4, 0.5) is 0 Å². The number of allylic oxidation sites excluding steroid dienone is 4. The normalized spacial score (nSPS) is 20.8. The van der Waals surface area contributed by atoms with Gasteiger partial charge in [-0.3, -0.25) is 9.35 Å². The van der Waals surface area contributed by atoms with Crippen molar-refractivity contribution >= 4 is 16.4 Å². The molecule has 1 aliphatic rings. The first-order chi connectivity index (χ1) is 27.6. The molecule has 0 aromatic heterocycles. The predicted molar refractivity (Wildman–Crippen MR) is 225 cm³/mol. The van der Waals surface area contributed by atoms with Crippen molar-refractivity contribution in [3.63, 3.8) is 0 Å². The second-order valence-electron chi connectivity index (χ2n) is 15.6. The Labute approximate surface area is 346 Å². The van der Waals surface area contributed by atoms with E-state index in [9.17, 15) is 28.5 Å². The molecule has 0 bridgehead atoms. The van der Waals surface area contributed by atoms with E-state index in [1.807, 2.05) is 0 Å². The molecule has 0 aromatic rings. The summed E-state index contributed by atoms with van der Waals surface area (Å²) in [6.45, 7) is 3.93. The first-order valence-corrected chi connectivity index (χ1v) is 24.0. The third kappa shape index (κ3) is 30.3. The maximum Gasteiger partial charge on any atom is 0.397 e. The van der Waals surface area contributed by atoms with Crippen molar-refractivity contribution in [3.8, 4) is 0 Å². The van der Waals surface area contributed by atoms with Gasteiger partial charge >= 0.3 is 16.4 Å². The van der Waals surface area contributed by atoms with Crippen molar-refractivity contribution in [2.24, 2.45) is 0 Å². The van der Waals surface area contributed by atoms with Crippen molar-refractivity contribution in [3.05, 3.63) is 24.3 Å². The fourth-order valence-electron chi connectivity index (χ4n) is 6.82. The van der Waals surface area contributed by atoms with E-state index in [0.717, 1.165) is 57.8 Å². The number of aliphatic hydroxyl groups excluding tert-OH is 3. The highest BCUT2D eigenvalue weighted by Gasteiger charge is 2.48. The molecule has 0 amide bonds. The van der Waals surface area contributed by atoms with Crippen LogP contribution in [0.25, 0.3) is 0 Å². The Balaban J connectivity index is 2.40. The Hall–Kier alpha value is -1.42. The molecule has 57 heavy (non-hydrogen) atoms. The van der Waals surface area contributed by atoms with Crippen molar-refractivity contribution in [2.75, 3.05) is 26.4 Å². The minimum atomic E-state index is -5.06. The minimum Gasteiger partial charge on any atom is -0.457 e. The maximum atomic E-state index is 12.8. The van der Waals surface area contributed by atoms with Crippen molar-refractivity contribution in [1.29, 1.82) is 0 Å². The molecule has 0 spiro atoms. The molecule has 13 heteroatoms. The third-order valence-corrected chi connectivity index (χ3v) is 10.8. The summed E-state index contributed by atoms with van der Waals surface area (Å²) in [5, 5.41) is 30.6. The van der Waals surface area contributed by atoms with Gasteiger partial charge in [-0.15, -0.1) is 0 Å². The van der Waals surface area contributed by atoms with E-state index in [-0.39, 0.29) is 19.6 Å². The van der Waals surface area contributed by atoms with Crippen molar-refractivity contribution in [1.82, 2.24) is 0 Å². The van der Waals surface area contributed by atoms with Gasteiger partial charge in [0.2, 0.25) is 0 Å². The summed E-state index contributed by atoms with van der Waals surface area (Å²) in [4.78, 5) is 12.8.